The van der Waals surface area contributed by atoms with Gasteiger partial charge in [0.1, 0.15) is 6.04 Å². The maximum absolute atomic E-state index is 12.9. The fourth-order valence-electron chi connectivity index (χ4n) is 4.86. The van der Waals surface area contributed by atoms with Crippen molar-refractivity contribution < 1.29 is 9.59 Å². The zero-order chi connectivity index (χ0) is 18.8. The number of aromatic nitrogens is 2. The average molecular weight is 369 g/mol. The van der Waals surface area contributed by atoms with E-state index in [0.717, 1.165) is 42.7 Å². The molecule has 0 radical (unpaired) electrons. The molecule has 8 heteroatoms. The summed E-state index contributed by atoms with van der Waals surface area (Å²) >= 11 is 0. The van der Waals surface area contributed by atoms with Crippen molar-refractivity contribution in [3.63, 3.8) is 0 Å². The highest BCUT2D eigenvalue weighted by Crippen LogP contribution is 2.45. The lowest BCUT2D eigenvalue weighted by molar-refractivity contribution is -0.135. The van der Waals surface area contributed by atoms with Crippen LogP contribution in [-0.2, 0) is 16.6 Å². The summed E-state index contributed by atoms with van der Waals surface area (Å²) in [6.45, 7) is 2.19. The van der Waals surface area contributed by atoms with E-state index in [-0.39, 0.29) is 18.0 Å². The molecule has 2 aromatic rings. The van der Waals surface area contributed by atoms with E-state index in [2.05, 4.69) is 16.0 Å². The van der Waals surface area contributed by atoms with Gasteiger partial charge in [0.15, 0.2) is 0 Å². The third kappa shape index (κ3) is 2.43. The molecule has 3 aliphatic rings. The molecule has 3 N–H and O–H groups in total. The van der Waals surface area contributed by atoms with E-state index in [0.29, 0.717) is 17.9 Å². The number of fused-ring (bicyclic) bond motifs is 1. The highest BCUT2D eigenvalue weighted by atomic mass is 16.2. The summed E-state index contributed by atoms with van der Waals surface area (Å²) in [7, 11) is 1.73. The van der Waals surface area contributed by atoms with Crippen molar-refractivity contribution in [2.24, 2.45) is 12.5 Å². The first-order valence-electron chi connectivity index (χ1n) is 9.48. The number of carbonyl (C=O) groups is 2. The number of hydrogen-bond donors (Lipinski definition) is 3. The lowest BCUT2D eigenvalue weighted by atomic mass is 9.61. The van der Waals surface area contributed by atoms with Crippen LogP contribution in [0.2, 0.25) is 0 Å². The predicted octanol–water partition coefficient (Wildman–Crippen LogP) is 0.482. The van der Waals surface area contributed by atoms with E-state index < -0.39 is 11.9 Å². The van der Waals surface area contributed by atoms with Crippen molar-refractivity contribution >= 4 is 28.5 Å². The number of aryl methyl sites for hydroxylation is 1. The first-order chi connectivity index (χ1) is 13.0. The van der Waals surface area contributed by atoms with Crippen LogP contribution >= 0.6 is 0 Å². The normalized spacial score (nSPS) is 24.6. The van der Waals surface area contributed by atoms with Gasteiger partial charge in [-0.2, -0.15) is 0 Å². The Balaban J connectivity index is 1.51. The number of rotatable bonds is 3. The topological polar surface area (TPSA) is 97.2 Å². The molecule has 1 aromatic heterocycles. The summed E-state index contributed by atoms with van der Waals surface area (Å²) < 4.78 is 3.13. The Morgan fingerprint density at radius 3 is 2.63 bits per heavy atom. The molecule has 3 fully saturated rings. The predicted molar refractivity (Wildman–Crippen MR) is 101 cm³/mol. The first-order valence-corrected chi connectivity index (χ1v) is 9.48. The molecule has 0 bridgehead atoms. The van der Waals surface area contributed by atoms with Crippen LogP contribution in [0.15, 0.2) is 23.0 Å². The summed E-state index contributed by atoms with van der Waals surface area (Å²) in [5, 5.41) is 9.28. The van der Waals surface area contributed by atoms with Crippen LogP contribution < -0.4 is 21.6 Å². The van der Waals surface area contributed by atoms with Crippen LogP contribution in [0, 0.1) is 5.41 Å². The highest BCUT2D eigenvalue weighted by molar-refractivity contribution is 6.00. The maximum Gasteiger partial charge on any atom is 0.329 e. The van der Waals surface area contributed by atoms with Crippen LogP contribution in [0.25, 0.3) is 11.0 Å². The standard InChI is InChI=1S/C19H23N5O3/c1-23-16-12(21-11-7-19(8-11)9-20-10-19)3-2-4-13(16)24(18(23)27)14-5-6-15(25)22-17(14)26/h2-4,11,14,20-21H,5-10H2,1H3,(H,22,25,26). The Morgan fingerprint density at radius 1 is 1.19 bits per heavy atom. The first kappa shape index (κ1) is 16.6. The van der Waals surface area contributed by atoms with E-state index >= 15 is 0 Å². The number of piperidine rings is 1. The van der Waals surface area contributed by atoms with Crippen molar-refractivity contribution in [1.82, 2.24) is 19.8 Å². The number of amides is 2. The molecule has 1 atom stereocenters. The number of nitrogens with one attached hydrogen (secondary N) is 3. The van der Waals surface area contributed by atoms with Crippen molar-refractivity contribution in [1.29, 1.82) is 0 Å². The fourth-order valence-corrected chi connectivity index (χ4v) is 4.86. The van der Waals surface area contributed by atoms with Gasteiger partial charge in [0, 0.05) is 32.6 Å². The van der Waals surface area contributed by atoms with Crippen molar-refractivity contribution in [2.45, 2.75) is 37.8 Å². The maximum atomic E-state index is 12.9. The summed E-state index contributed by atoms with van der Waals surface area (Å²) in [5.74, 6) is -0.686. The average Bonchev–Trinajstić information content (AvgIpc) is 2.81. The summed E-state index contributed by atoms with van der Waals surface area (Å²) in [6.07, 6.45) is 2.87. The molecular weight excluding hydrogens is 346 g/mol. The van der Waals surface area contributed by atoms with Gasteiger partial charge in [-0.3, -0.25) is 24.0 Å². The zero-order valence-electron chi connectivity index (χ0n) is 15.2. The van der Waals surface area contributed by atoms with E-state index in [4.69, 9.17) is 0 Å². The number of nitrogens with zero attached hydrogens (tertiary/aromatic N) is 2. The Bertz CT molecular complexity index is 1010. The molecule has 1 aliphatic carbocycles. The number of benzene rings is 1. The number of para-hydroxylation sites is 1. The van der Waals surface area contributed by atoms with Gasteiger partial charge in [-0.1, -0.05) is 6.07 Å². The number of hydrogen-bond acceptors (Lipinski definition) is 5. The molecule has 1 spiro atoms. The molecule has 142 valence electrons. The molecule has 5 rings (SSSR count). The number of carbonyl (C=O) groups excluding carboxylic acids is 2. The van der Waals surface area contributed by atoms with Crippen LogP contribution in [0.5, 0.6) is 0 Å². The van der Waals surface area contributed by atoms with E-state index in [9.17, 15) is 14.4 Å². The minimum atomic E-state index is -0.651. The second-order valence-electron chi connectivity index (χ2n) is 8.20. The third-order valence-corrected chi connectivity index (χ3v) is 6.34. The van der Waals surface area contributed by atoms with E-state index in [1.54, 1.807) is 11.6 Å². The third-order valence-electron chi connectivity index (χ3n) is 6.34. The summed E-state index contributed by atoms with van der Waals surface area (Å²) in [6, 6.07) is 5.52. The minimum absolute atomic E-state index is 0.234. The monoisotopic (exact) mass is 369 g/mol. The quantitative estimate of drug-likeness (QED) is 0.684. The lowest BCUT2D eigenvalue weighted by Gasteiger charge is -2.54. The van der Waals surface area contributed by atoms with Gasteiger partial charge < -0.3 is 10.6 Å². The second kappa shape index (κ2) is 5.69. The Morgan fingerprint density at radius 2 is 1.96 bits per heavy atom. The Labute approximate surface area is 155 Å². The Hall–Kier alpha value is -2.61. The van der Waals surface area contributed by atoms with Gasteiger partial charge >= 0.3 is 5.69 Å². The zero-order valence-corrected chi connectivity index (χ0v) is 15.2. The van der Waals surface area contributed by atoms with E-state index in [1.165, 1.54) is 4.57 Å². The van der Waals surface area contributed by atoms with Gasteiger partial charge in [0.25, 0.3) is 0 Å². The number of anilines is 1. The van der Waals surface area contributed by atoms with Crippen molar-refractivity contribution in [3.05, 3.63) is 28.7 Å². The van der Waals surface area contributed by atoms with E-state index in [1.807, 2.05) is 18.2 Å². The van der Waals surface area contributed by atoms with Crippen molar-refractivity contribution in [2.75, 3.05) is 18.4 Å². The molecule has 1 aromatic carbocycles. The SMILES string of the molecule is Cn1c(=O)n(C2CCC(=O)NC2=O)c2cccc(NC3CC4(CNC4)C3)c21. The summed E-state index contributed by atoms with van der Waals surface area (Å²) in [4.78, 5) is 36.7. The van der Waals surface area contributed by atoms with Gasteiger partial charge in [-0.15, -0.1) is 0 Å². The Kier molecular flexibility index (Phi) is 3.49. The van der Waals surface area contributed by atoms with Crippen LogP contribution in [0.4, 0.5) is 5.69 Å². The molecule has 1 saturated carbocycles. The number of imide groups is 1. The number of imidazole rings is 1. The van der Waals surface area contributed by atoms with Gasteiger partial charge in [0.2, 0.25) is 11.8 Å². The molecular formula is C19H23N5O3. The largest absolute Gasteiger partial charge is 0.381 e. The molecule has 27 heavy (non-hydrogen) atoms. The minimum Gasteiger partial charge on any atom is -0.381 e. The van der Waals surface area contributed by atoms with Crippen LogP contribution in [-0.4, -0.2) is 40.1 Å². The molecule has 3 heterocycles. The molecule has 2 aliphatic heterocycles. The smallest absolute Gasteiger partial charge is 0.329 e. The van der Waals surface area contributed by atoms with Crippen LogP contribution in [0.3, 0.4) is 0 Å². The molecule has 2 amide bonds. The van der Waals surface area contributed by atoms with Gasteiger partial charge in [0.05, 0.1) is 16.7 Å². The highest BCUT2D eigenvalue weighted by Gasteiger charge is 2.48. The van der Waals surface area contributed by atoms with Crippen molar-refractivity contribution in [3.8, 4) is 0 Å². The van der Waals surface area contributed by atoms with Gasteiger partial charge in [-0.25, -0.2) is 4.79 Å². The second-order valence-corrected chi connectivity index (χ2v) is 8.20. The molecule has 8 nitrogen and oxygen atoms in total. The summed E-state index contributed by atoms with van der Waals surface area (Å²) in [5.41, 5.74) is 2.68. The molecule has 2 saturated heterocycles. The lowest BCUT2D eigenvalue weighted by Crippen LogP contribution is -2.63. The fraction of sp³-hybridized carbons (Fsp3) is 0.526. The molecule has 1 unspecified atom stereocenters. The van der Waals surface area contributed by atoms with Gasteiger partial charge in [-0.05, 0) is 36.8 Å². The van der Waals surface area contributed by atoms with Crippen LogP contribution in [0.1, 0.15) is 31.7 Å².